The van der Waals surface area contributed by atoms with E-state index in [0.717, 1.165) is 12.5 Å². The molecule has 3 N–H and O–H groups in total. The van der Waals surface area contributed by atoms with Gasteiger partial charge in [-0.15, -0.1) is 0 Å². The molecular weight excluding hydrogens is 154 g/mol. The van der Waals surface area contributed by atoms with E-state index < -0.39 is 0 Å². The summed E-state index contributed by atoms with van der Waals surface area (Å²) in [5.41, 5.74) is 5.56. The normalized spacial score (nSPS) is 24.2. The molecule has 0 unspecified atom stereocenters. The SMILES string of the molecule is NC(=NO)N(CC1CC1)C1CC1. The molecule has 68 valence electrons. The predicted octanol–water partition coefficient (Wildman–Crippen LogP) is 0.565. The lowest BCUT2D eigenvalue weighted by atomic mass is 10.3. The van der Waals surface area contributed by atoms with Crippen molar-refractivity contribution in [3.8, 4) is 0 Å². The van der Waals surface area contributed by atoms with Crippen LogP contribution in [0.3, 0.4) is 0 Å². The zero-order valence-corrected chi connectivity index (χ0v) is 7.11. The van der Waals surface area contributed by atoms with Gasteiger partial charge in [0.1, 0.15) is 0 Å². The monoisotopic (exact) mass is 169 g/mol. The summed E-state index contributed by atoms with van der Waals surface area (Å²) in [5, 5.41) is 11.6. The van der Waals surface area contributed by atoms with Crippen molar-refractivity contribution in [1.29, 1.82) is 0 Å². The van der Waals surface area contributed by atoms with Crippen molar-refractivity contribution in [1.82, 2.24) is 4.90 Å². The Bertz CT molecular complexity index is 196. The second kappa shape index (κ2) is 2.84. The summed E-state index contributed by atoms with van der Waals surface area (Å²) in [5.74, 6) is 1.09. The second-order valence-electron chi connectivity index (χ2n) is 3.79. The van der Waals surface area contributed by atoms with Crippen molar-refractivity contribution in [3.63, 3.8) is 0 Å². The molecule has 0 radical (unpaired) electrons. The van der Waals surface area contributed by atoms with E-state index in [1.54, 1.807) is 0 Å². The van der Waals surface area contributed by atoms with Crippen molar-refractivity contribution < 1.29 is 5.21 Å². The smallest absolute Gasteiger partial charge is 0.233 e. The molecule has 0 atom stereocenters. The summed E-state index contributed by atoms with van der Waals surface area (Å²) >= 11 is 0. The Morgan fingerprint density at radius 1 is 1.42 bits per heavy atom. The lowest BCUT2D eigenvalue weighted by molar-refractivity contribution is 0.292. The fraction of sp³-hybridized carbons (Fsp3) is 0.875. The summed E-state index contributed by atoms with van der Waals surface area (Å²) < 4.78 is 0. The first-order valence-corrected chi connectivity index (χ1v) is 4.55. The number of nitrogens with zero attached hydrogens (tertiary/aromatic N) is 2. The van der Waals surface area contributed by atoms with E-state index in [-0.39, 0.29) is 0 Å². The average Bonchev–Trinajstić information content (AvgIpc) is 2.88. The van der Waals surface area contributed by atoms with E-state index in [4.69, 9.17) is 10.9 Å². The molecule has 12 heavy (non-hydrogen) atoms. The van der Waals surface area contributed by atoms with Crippen LogP contribution in [0, 0.1) is 5.92 Å². The number of nitrogens with two attached hydrogens (primary N) is 1. The van der Waals surface area contributed by atoms with Gasteiger partial charge in [-0.2, -0.15) is 0 Å². The lowest BCUT2D eigenvalue weighted by Gasteiger charge is -2.21. The number of oxime groups is 1. The Hall–Kier alpha value is -0.930. The highest BCUT2D eigenvalue weighted by Crippen LogP contribution is 2.34. The van der Waals surface area contributed by atoms with Gasteiger partial charge in [0.2, 0.25) is 5.96 Å². The van der Waals surface area contributed by atoms with E-state index >= 15 is 0 Å². The minimum Gasteiger partial charge on any atom is -0.408 e. The van der Waals surface area contributed by atoms with E-state index in [0.29, 0.717) is 12.0 Å². The Labute approximate surface area is 72.0 Å². The number of hydrogen-bond acceptors (Lipinski definition) is 2. The predicted molar refractivity (Wildman–Crippen MR) is 45.9 cm³/mol. The third-order valence-electron chi connectivity index (χ3n) is 2.54. The van der Waals surface area contributed by atoms with Crippen molar-refractivity contribution in [2.24, 2.45) is 16.8 Å². The van der Waals surface area contributed by atoms with Crippen LogP contribution in [0.1, 0.15) is 25.7 Å². The van der Waals surface area contributed by atoms with E-state index in [2.05, 4.69) is 5.16 Å². The van der Waals surface area contributed by atoms with Crippen molar-refractivity contribution in [3.05, 3.63) is 0 Å². The van der Waals surface area contributed by atoms with Crippen LogP contribution in [0.2, 0.25) is 0 Å². The first kappa shape index (κ1) is 7.71. The summed E-state index contributed by atoms with van der Waals surface area (Å²) in [7, 11) is 0. The summed E-state index contributed by atoms with van der Waals surface area (Å²) in [6.45, 7) is 0.987. The molecule has 0 amide bonds. The molecule has 0 aromatic carbocycles. The highest BCUT2D eigenvalue weighted by atomic mass is 16.4. The van der Waals surface area contributed by atoms with Crippen LogP contribution in [0.4, 0.5) is 0 Å². The molecule has 0 bridgehead atoms. The minimum atomic E-state index is 0.296. The van der Waals surface area contributed by atoms with Gasteiger partial charge >= 0.3 is 0 Å². The molecular formula is C8H15N3O. The van der Waals surface area contributed by atoms with Crippen LogP contribution in [-0.4, -0.2) is 28.7 Å². The zero-order chi connectivity index (χ0) is 8.55. The zero-order valence-electron chi connectivity index (χ0n) is 7.11. The highest BCUT2D eigenvalue weighted by molar-refractivity contribution is 5.78. The first-order valence-electron chi connectivity index (χ1n) is 4.55. The van der Waals surface area contributed by atoms with Gasteiger partial charge < -0.3 is 15.8 Å². The van der Waals surface area contributed by atoms with Crippen molar-refractivity contribution in [2.45, 2.75) is 31.7 Å². The molecule has 4 nitrogen and oxygen atoms in total. The largest absolute Gasteiger partial charge is 0.408 e. The van der Waals surface area contributed by atoms with Crippen LogP contribution in [-0.2, 0) is 0 Å². The van der Waals surface area contributed by atoms with Gasteiger partial charge in [-0.25, -0.2) is 0 Å². The summed E-state index contributed by atoms with van der Waals surface area (Å²) in [6.07, 6.45) is 5.01. The molecule has 0 aliphatic heterocycles. The van der Waals surface area contributed by atoms with Gasteiger partial charge in [0.25, 0.3) is 0 Å². The molecule has 4 heteroatoms. The molecule has 2 saturated carbocycles. The topological polar surface area (TPSA) is 61.9 Å². The molecule has 2 aliphatic rings. The van der Waals surface area contributed by atoms with Gasteiger partial charge in [0.15, 0.2) is 0 Å². The maximum absolute atomic E-state index is 8.54. The Morgan fingerprint density at radius 2 is 2.08 bits per heavy atom. The summed E-state index contributed by atoms with van der Waals surface area (Å²) in [4.78, 5) is 2.04. The van der Waals surface area contributed by atoms with Gasteiger partial charge in [-0.3, -0.25) is 0 Å². The maximum Gasteiger partial charge on any atom is 0.233 e. The van der Waals surface area contributed by atoms with E-state index in [1.165, 1.54) is 25.7 Å². The molecule has 2 aliphatic carbocycles. The Balaban J connectivity index is 1.90. The van der Waals surface area contributed by atoms with E-state index in [1.807, 2.05) is 4.90 Å². The van der Waals surface area contributed by atoms with Crippen LogP contribution < -0.4 is 5.73 Å². The quantitative estimate of drug-likeness (QED) is 0.281. The maximum atomic E-state index is 8.54. The van der Waals surface area contributed by atoms with Crippen LogP contribution in [0.15, 0.2) is 5.16 Å². The second-order valence-corrected chi connectivity index (χ2v) is 3.79. The average molecular weight is 169 g/mol. The molecule has 2 fully saturated rings. The van der Waals surface area contributed by atoms with Crippen molar-refractivity contribution >= 4 is 5.96 Å². The van der Waals surface area contributed by atoms with Gasteiger partial charge in [0.05, 0.1) is 0 Å². The third kappa shape index (κ3) is 1.62. The van der Waals surface area contributed by atoms with Crippen LogP contribution in [0.5, 0.6) is 0 Å². The molecule has 0 spiro atoms. The molecule has 0 heterocycles. The number of guanidine groups is 1. The van der Waals surface area contributed by atoms with Crippen LogP contribution >= 0.6 is 0 Å². The molecule has 0 saturated heterocycles. The van der Waals surface area contributed by atoms with Gasteiger partial charge in [0, 0.05) is 12.6 Å². The van der Waals surface area contributed by atoms with Crippen molar-refractivity contribution in [2.75, 3.05) is 6.54 Å². The van der Waals surface area contributed by atoms with E-state index in [9.17, 15) is 0 Å². The minimum absolute atomic E-state index is 0.296. The van der Waals surface area contributed by atoms with Gasteiger partial charge in [-0.1, -0.05) is 5.16 Å². The fourth-order valence-corrected chi connectivity index (χ4v) is 1.45. The molecule has 2 rings (SSSR count). The first-order chi connectivity index (χ1) is 5.81. The number of hydrogen-bond donors (Lipinski definition) is 2. The highest BCUT2D eigenvalue weighted by Gasteiger charge is 2.34. The fourth-order valence-electron chi connectivity index (χ4n) is 1.45. The third-order valence-corrected chi connectivity index (χ3v) is 2.54. The lowest BCUT2D eigenvalue weighted by Crippen LogP contribution is -2.40. The Morgan fingerprint density at radius 3 is 2.50 bits per heavy atom. The molecule has 0 aromatic heterocycles. The molecule has 0 aromatic rings. The Kier molecular flexibility index (Phi) is 1.83. The van der Waals surface area contributed by atoms with Gasteiger partial charge in [-0.05, 0) is 31.6 Å². The van der Waals surface area contributed by atoms with Crippen LogP contribution in [0.25, 0.3) is 0 Å². The standard InChI is InChI=1S/C8H15N3O/c9-8(10-12)11(7-3-4-7)5-6-1-2-6/h6-7,12H,1-5H2,(H2,9,10). The number of rotatable bonds is 3. The summed E-state index contributed by atoms with van der Waals surface area (Å²) in [6, 6.07) is 0.557.